The maximum absolute atomic E-state index is 12.7. The number of anilines is 1. The minimum Gasteiger partial charge on any atom is -0.494 e. The Labute approximate surface area is 197 Å². The Bertz CT molecular complexity index is 988. The Morgan fingerprint density at radius 3 is 2.62 bits per heavy atom. The van der Waals surface area contributed by atoms with E-state index in [1.54, 1.807) is 4.90 Å². The van der Waals surface area contributed by atoms with Gasteiger partial charge < -0.3 is 19.8 Å². The van der Waals surface area contributed by atoms with Crippen LogP contribution in [0.5, 0.6) is 5.75 Å². The smallest absolute Gasteiger partial charge is 0.401 e. The zero-order valence-corrected chi connectivity index (χ0v) is 19.2. The number of aromatic amines is 1. The second-order valence-electron chi connectivity index (χ2n) is 10.1. The fourth-order valence-corrected chi connectivity index (χ4v) is 5.97. The molecule has 186 valence electrons. The molecule has 5 rings (SSSR count). The van der Waals surface area contributed by atoms with E-state index in [0.717, 1.165) is 54.4 Å². The fourth-order valence-electron chi connectivity index (χ4n) is 5.97. The number of alkyl halides is 3. The predicted octanol–water partition coefficient (Wildman–Crippen LogP) is 4.82. The number of ether oxygens (including phenoxy) is 2. The first-order valence-corrected chi connectivity index (χ1v) is 12.3. The number of fused-ring (bicyclic) bond motifs is 2. The number of aromatic nitrogens is 1. The van der Waals surface area contributed by atoms with Crippen LogP contribution in [0.25, 0.3) is 10.9 Å². The van der Waals surface area contributed by atoms with Crippen molar-refractivity contribution in [3.8, 4) is 5.75 Å². The number of H-pyrrole nitrogens is 1. The van der Waals surface area contributed by atoms with Gasteiger partial charge in [-0.15, -0.1) is 0 Å². The van der Waals surface area contributed by atoms with E-state index >= 15 is 0 Å². The summed E-state index contributed by atoms with van der Waals surface area (Å²) in [5.74, 6) is 2.02. The Balaban J connectivity index is 1.11. The van der Waals surface area contributed by atoms with Crippen LogP contribution in [-0.4, -0.2) is 61.4 Å². The Morgan fingerprint density at radius 1 is 1.18 bits per heavy atom. The van der Waals surface area contributed by atoms with Crippen LogP contribution in [0.3, 0.4) is 0 Å². The van der Waals surface area contributed by atoms with Crippen LogP contribution in [0, 0.1) is 23.7 Å². The normalized spacial score (nSPS) is 26.1. The molecule has 3 fully saturated rings. The van der Waals surface area contributed by atoms with Crippen LogP contribution < -0.4 is 10.1 Å². The van der Waals surface area contributed by atoms with Gasteiger partial charge in [0.2, 0.25) is 5.91 Å². The largest absolute Gasteiger partial charge is 0.494 e. The van der Waals surface area contributed by atoms with Crippen molar-refractivity contribution in [2.45, 2.75) is 38.3 Å². The van der Waals surface area contributed by atoms with Gasteiger partial charge in [-0.25, -0.2) is 0 Å². The van der Waals surface area contributed by atoms with Gasteiger partial charge >= 0.3 is 6.18 Å². The molecule has 3 heterocycles. The molecule has 1 aliphatic carbocycles. The molecule has 1 aromatic heterocycles. The van der Waals surface area contributed by atoms with Crippen molar-refractivity contribution in [2.24, 2.45) is 23.7 Å². The first kappa shape index (κ1) is 23.5. The molecule has 1 amide bonds. The van der Waals surface area contributed by atoms with E-state index in [4.69, 9.17) is 9.47 Å². The number of nitrogens with zero attached hydrogens (tertiary/aromatic N) is 1. The number of hydrogen-bond acceptors (Lipinski definition) is 4. The molecular weight excluding hydrogens is 447 g/mol. The van der Waals surface area contributed by atoms with Gasteiger partial charge in [-0.2, -0.15) is 13.2 Å². The van der Waals surface area contributed by atoms with E-state index in [9.17, 15) is 18.0 Å². The van der Waals surface area contributed by atoms with E-state index < -0.39 is 12.7 Å². The van der Waals surface area contributed by atoms with Gasteiger partial charge in [0.1, 0.15) is 5.75 Å². The monoisotopic (exact) mass is 479 g/mol. The molecule has 3 aliphatic rings. The highest BCUT2D eigenvalue weighted by Gasteiger charge is 2.43. The minimum absolute atomic E-state index is 0.0235. The van der Waals surface area contributed by atoms with Crippen molar-refractivity contribution >= 4 is 22.5 Å². The van der Waals surface area contributed by atoms with Crippen LogP contribution >= 0.6 is 0 Å². The highest BCUT2D eigenvalue weighted by molar-refractivity contribution is 6.02. The molecule has 34 heavy (non-hydrogen) atoms. The van der Waals surface area contributed by atoms with Gasteiger partial charge in [0.25, 0.3) is 0 Å². The summed E-state index contributed by atoms with van der Waals surface area (Å²) < 4.78 is 49.3. The first-order chi connectivity index (χ1) is 16.3. The zero-order valence-electron chi connectivity index (χ0n) is 19.2. The van der Waals surface area contributed by atoms with E-state index in [1.165, 1.54) is 0 Å². The lowest BCUT2D eigenvalue weighted by Crippen LogP contribution is -2.33. The average molecular weight is 480 g/mol. The Hall–Kier alpha value is -2.26. The maximum atomic E-state index is 12.7. The molecule has 6 nitrogen and oxygen atoms in total. The van der Waals surface area contributed by atoms with E-state index in [2.05, 4.69) is 10.3 Å². The molecular formula is C25H32F3N3O3. The fraction of sp³-hybridized carbons (Fsp3) is 0.640. The molecule has 0 radical (unpaired) electrons. The molecule has 2 saturated heterocycles. The quantitative estimate of drug-likeness (QED) is 0.598. The van der Waals surface area contributed by atoms with Crippen LogP contribution in [0.2, 0.25) is 0 Å². The lowest BCUT2D eigenvalue weighted by atomic mass is 9.99. The highest BCUT2D eigenvalue weighted by Crippen LogP contribution is 2.43. The number of hydrogen-bond donors (Lipinski definition) is 2. The third-order valence-corrected chi connectivity index (χ3v) is 7.63. The van der Waals surface area contributed by atoms with Crippen LogP contribution in [0.4, 0.5) is 18.9 Å². The van der Waals surface area contributed by atoms with Gasteiger partial charge in [-0.1, -0.05) is 0 Å². The molecule has 0 bridgehead atoms. The summed E-state index contributed by atoms with van der Waals surface area (Å²) in [4.78, 5) is 17.4. The van der Waals surface area contributed by atoms with Crippen molar-refractivity contribution in [2.75, 3.05) is 44.8 Å². The lowest BCUT2D eigenvalue weighted by molar-refractivity contribution is -0.144. The third-order valence-electron chi connectivity index (χ3n) is 7.63. The Kier molecular flexibility index (Phi) is 6.75. The second-order valence-corrected chi connectivity index (χ2v) is 10.1. The summed E-state index contributed by atoms with van der Waals surface area (Å²) in [5, 5.41) is 3.96. The van der Waals surface area contributed by atoms with Crippen LogP contribution in [0.1, 0.15) is 32.1 Å². The molecule has 9 heteroatoms. The van der Waals surface area contributed by atoms with Gasteiger partial charge in [0.05, 0.1) is 18.8 Å². The summed E-state index contributed by atoms with van der Waals surface area (Å²) in [6.07, 6.45) is 2.07. The SMILES string of the molecule is O=C(Nc1c[nH]c2ccc(OCC[C@@H]3C[C@@H]4CN(CC(F)(F)F)C[C@@H]4C3)cc12)C1CCOCC1. The van der Waals surface area contributed by atoms with Gasteiger partial charge in [0.15, 0.2) is 0 Å². The van der Waals surface area contributed by atoms with E-state index in [1.807, 2.05) is 24.4 Å². The van der Waals surface area contributed by atoms with Crippen molar-refractivity contribution in [3.05, 3.63) is 24.4 Å². The van der Waals surface area contributed by atoms with Crippen molar-refractivity contribution in [3.63, 3.8) is 0 Å². The summed E-state index contributed by atoms with van der Waals surface area (Å²) in [6.45, 7) is 2.17. The highest BCUT2D eigenvalue weighted by atomic mass is 19.4. The standard InChI is InChI=1S/C25H32F3N3O3/c26-25(27,28)15-31-13-18-9-16(10-19(18)14-31)3-8-34-20-1-2-22-21(11-20)23(12-29-22)30-24(32)17-4-6-33-7-5-17/h1-2,11-12,16-19,29H,3-10,13-15H2,(H,30,32)/t16-,18-,19+. The van der Waals surface area contributed by atoms with E-state index in [0.29, 0.717) is 50.7 Å². The summed E-state index contributed by atoms with van der Waals surface area (Å²) in [6, 6.07) is 5.81. The molecule has 3 atom stereocenters. The van der Waals surface area contributed by atoms with Gasteiger partial charge in [-0.3, -0.25) is 9.69 Å². The summed E-state index contributed by atoms with van der Waals surface area (Å²) in [7, 11) is 0. The van der Waals surface area contributed by atoms with E-state index in [-0.39, 0.29) is 11.8 Å². The van der Waals surface area contributed by atoms with Crippen LogP contribution in [-0.2, 0) is 9.53 Å². The van der Waals surface area contributed by atoms with Gasteiger partial charge in [0, 0.05) is 49.3 Å². The van der Waals surface area contributed by atoms with Crippen LogP contribution in [0.15, 0.2) is 24.4 Å². The average Bonchev–Trinajstić information content (AvgIpc) is 3.46. The first-order valence-electron chi connectivity index (χ1n) is 12.3. The zero-order chi connectivity index (χ0) is 23.7. The Morgan fingerprint density at radius 2 is 1.91 bits per heavy atom. The molecule has 2 aromatic rings. The topological polar surface area (TPSA) is 66.6 Å². The third kappa shape index (κ3) is 5.51. The second kappa shape index (κ2) is 9.77. The molecule has 2 aliphatic heterocycles. The number of carbonyl (C=O) groups is 1. The number of likely N-dealkylation sites (tertiary alicyclic amines) is 1. The molecule has 1 saturated carbocycles. The number of carbonyl (C=O) groups excluding carboxylic acids is 1. The number of nitrogens with one attached hydrogen (secondary N) is 2. The predicted molar refractivity (Wildman–Crippen MR) is 123 cm³/mol. The number of benzene rings is 1. The molecule has 0 unspecified atom stereocenters. The summed E-state index contributed by atoms with van der Waals surface area (Å²) >= 11 is 0. The number of rotatable bonds is 7. The van der Waals surface area contributed by atoms with Crippen molar-refractivity contribution < 1.29 is 27.4 Å². The molecule has 1 aromatic carbocycles. The maximum Gasteiger partial charge on any atom is 0.401 e. The number of amides is 1. The number of halogens is 3. The lowest BCUT2D eigenvalue weighted by Gasteiger charge is -2.21. The van der Waals surface area contributed by atoms with Crippen molar-refractivity contribution in [1.29, 1.82) is 0 Å². The van der Waals surface area contributed by atoms with Gasteiger partial charge in [-0.05, 0) is 68.1 Å². The molecule has 2 N–H and O–H groups in total. The summed E-state index contributed by atoms with van der Waals surface area (Å²) in [5.41, 5.74) is 1.69. The molecule has 0 spiro atoms. The minimum atomic E-state index is -4.11. The van der Waals surface area contributed by atoms with Crippen molar-refractivity contribution in [1.82, 2.24) is 9.88 Å².